The number of hydrogen-bond donors (Lipinski definition) is 1. The minimum absolute atomic E-state index is 0.399. The maximum atomic E-state index is 6.14. The van der Waals surface area contributed by atoms with Crippen molar-refractivity contribution in [2.45, 2.75) is 5.16 Å². The number of thioether (sulfide) groups is 1. The van der Waals surface area contributed by atoms with E-state index >= 15 is 0 Å². The van der Waals surface area contributed by atoms with E-state index in [1.165, 1.54) is 0 Å². The van der Waals surface area contributed by atoms with Gasteiger partial charge in [-0.15, -0.1) is 0 Å². The predicted octanol–water partition coefficient (Wildman–Crippen LogP) is 5.38. The molecule has 3 rings (SSSR count). The summed E-state index contributed by atoms with van der Waals surface area (Å²) >= 11 is 13.7. The second kappa shape index (κ2) is 5.56. The van der Waals surface area contributed by atoms with Gasteiger partial charge in [0.1, 0.15) is 16.3 Å². The van der Waals surface area contributed by atoms with Crippen LogP contribution in [0.15, 0.2) is 41.6 Å². The molecule has 3 nitrogen and oxygen atoms in total. The van der Waals surface area contributed by atoms with Crippen LogP contribution in [0.1, 0.15) is 0 Å². The number of benzene rings is 2. The van der Waals surface area contributed by atoms with Crippen molar-refractivity contribution in [3.8, 4) is 11.5 Å². The average molecular weight is 325 g/mol. The van der Waals surface area contributed by atoms with Crippen molar-refractivity contribution in [3.63, 3.8) is 0 Å². The van der Waals surface area contributed by atoms with Gasteiger partial charge in [-0.2, -0.15) is 0 Å². The van der Waals surface area contributed by atoms with Gasteiger partial charge in [0.2, 0.25) is 0 Å². The largest absolute Gasteiger partial charge is 0.453 e. The number of nitrogens with zero attached hydrogens (tertiary/aromatic N) is 1. The van der Waals surface area contributed by atoms with Crippen molar-refractivity contribution in [3.05, 3.63) is 46.4 Å². The van der Waals surface area contributed by atoms with Crippen molar-refractivity contribution < 1.29 is 4.74 Å². The van der Waals surface area contributed by atoms with Gasteiger partial charge in [0.15, 0.2) is 10.9 Å². The first kappa shape index (κ1) is 13.6. The minimum atomic E-state index is 0.399. The van der Waals surface area contributed by atoms with Gasteiger partial charge in [-0.3, -0.25) is 0 Å². The van der Waals surface area contributed by atoms with Crippen molar-refractivity contribution >= 4 is 46.0 Å². The summed E-state index contributed by atoms with van der Waals surface area (Å²) in [6.07, 6.45) is 1.96. The summed E-state index contributed by atoms with van der Waals surface area (Å²) in [5.74, 6) is 1.19. The zero-order valence-corrected chi connectivity index (χ0v) is 12.8. The van der Waals surface area contributed by atoms with E-state index in [-0.39, 0.29) is 0 Å². The lowest BCUT2D eigenvalue weighted by Crippen LogP contribution is -1.87. The molecular weight excluding hydrogens is 315 g/mol. The molecule has 0 spiro atoms. The van der Waals surface area contributed by atoms with Crippen LogP contribution >= 0.6 is 35.0 Å². The molecule has 1 heterocycles. The second-order valence-corrected chi connectivity index (χ2v) is 5.63. The molecule has 0 saturated carbocycles. The SMILES string of the molecule is CSc1nc2cccc(Oc3cccc(Cl)c3Cl)c2[nH]1. The van der Waals surface area contributed by atoms with Gasteiger partial charge < -0.3 is 9.72 Å². The highest BCUT2D eigenvalue weighted by atomic mass is 35.5. The summed E-state index contributed by atoms with van der Waals surface area (Å²) in [5.41, 5.74) is 1.69. The molecule has 1 aromatic heterocycles. The summed E-state index contributed by atoms with van der Waals surface area (Å²) in [6, 6.07) is 11.0. The van der Waals surface area contributed by atoms with E-state index in [2.05, 4.69) is 9.97 Å². The number of fused-ring (bicyclic) bond motifs is 1. The lowest BCUT2D eigenvalue weighted by Gasteiger charge is -2.08. The summed E-state index contributed by atoms with van der Waals surface area (Å²) in [4.78, 5) is 7.66. The van der Waals surface area contributed by atoms with Crippen LogP contribution in [0.3, 0.4) is 0 Å². The van der Waals surface area contributed by atoms with Crippen molar-refractivity contribution in [1.82, 2.24) is 9.97 Å². The predicted molar refractivity (Wildman–Crippen MR) is 84.4 cm³/mol. The molecule has 0 atom stereocenters. The van der Waals surface area contributed by atoms with E-state index < -0.39 is 0 Å². The van der Waals surface area contributed by atoms with Crippen LogP contribution in [-0.4, -0.2) is 16.2 Å². The highest BCUT2D eigenvalue weighted by Crippen LogP contribution is 2.36. The molecule has 0 fully saturated rings. The third-order valence-corrected chi connectivity index (χ3v) is 4.17. The Kier molecular flexibility index (Phi) is 3.78. The molecule has 0 amide bonds. The van der Waals surface area contributed by atoms with Gasteiger partial charge in [-0.05, 0) is 30.5 Å². The molecule has 2 aromatic carbocycles. The smallest absolute Gasteiger partial charge is 0.166 e. The molecule has 0 radical (unpaired) electrons. The average Bonchev–Trinajstić information content (AvgIpc) is 2.88. The molecule has 0 unspecified atom stereocenters. The Morgan fingerprint density at radius 3 is 2.65 bits per heavy atom. The third-order valence-electron chi connectivity index (χ3n) is 2.79. The molecule has 6 heteroatoms. The first-order valence-corrected chi connectivity index (χ1v) is 7.81. The number of para-hydroxylation sites is 1. The molecule has 0 aliphatic heterocycles. The van der Waals surface area contributed by atoms with E-state index in [1.54, 1.807) is 30.0 Å². The van der Waals surface area contributed by atoms with Gasteiger partial charge in [0.05, 0.1) is 10.5 Å². The van der Waals surface area contributed by atoms with E-state index in [1.807, 2.05) is 24.5 Å². The summed E-state index contributed by atoms with van der Waals surface area (Å²) in [6.45, 7) is 0. The van der Waals surface area contributed by atoms with Gasteiger partial charge >= 0.3 is 0 Å². The monoisotopic (exact) mass is 324 g/mol. The van der Waals surface area contributed by atoms with Crippen LogP contribution in [0.25, 0.3) is 11.0 Å². The number of ether oxygens (including phenoxy) is 1. The first-order valence-electron chi connectivity index (χ1n) is 5.83. The summed E-state index contributed by atoms with van der Waals surface area (Å²) < 4.78 is 5.86. The lowest BCUT2D eigenvalue weighted by atomic mass is 10.3. The Balaban J connectivity index is 2.06. The standard InChI is InChI=1S/C14H10Cl2N2OS/c1-20-14-17-9-5-3-7-11(13(9)18-14)19-10-6-2-4-8(15)12(10)16/h2-7H,1H3,(H,17,18). The van der Waals surface area contributed by atoms with Crippen molar-refractivity contribution in [2.24, 2.45) is 0 Å². The van der Waals surface area contributed by atoms with Crippen molar-refractivity contribution in [1.29, 1.82) is 0 Å². The molecular formula is C14H10Cl2N2OS. The fourth-order valence-corrected chi connectivity index (χ4v) is 2.57. The highest BCUT2D eigenvalue weighted by molar-refractivity contribution is 7.98. The molecule has 102 valence electrons. The number of imidazole rings is 1. The number of nitrogens with one attached hydrogen (secondary N) is 1. The van der Waals surface area contributed by atoms with E-state index in [9.17, 15) is 0 Å². The molecule has 0 bridgehead atoms. The number of rotatable bonds is 3. The second-order valence-electron chi connectivity index (χ2n) is 4.05. The maximum absolute atomic E-state index is 6.14. The quantitative estimate of drug-likeness (QED) is 0.657. The van der Waals surface area contributed by atoms with E-state index in [0.717, 1.165) is 16.2 Å². The number of aromatic nitrogens is 2. The number of H-pyrrole nitrogens is 1. The molecule has 3 aromatic rings. The maximum Gasteiger partial charge on any atom is 0.166 e. The zero-order valence-electron chi connectivity index (χ0n) is 10.5. The van der Waals surface area contributed by atoms with Crippen LogP contribution in [0.4, 0.5) is 0 Å². The highest BCUT2D eigenvalue weighted by Gasteiger charge is 2.11. The lowest BCUT2D eigenvalue weighted by molar-refractivity contribution is 0.487. The number of halogens is 2. The van der Waals surface area contributed by atoms with Gasteiger partial charge in [0.25, 0.3) is 0 Å². The first-order chi connectivity index (χ1) is 9.69. The topological polar surface area (TPSA) is 37.9 Å². The van der Waals surface area contributed by atoms with Gasteiger partial charge in [-0.1, -0.05) is 47.1 Å². The van der Waals surface area contributed by atoms with E-state index in [0.29, 0.717) is 21.5 Å². The Bertz CT molecular complexity index is 773. The zero-order chi connectivity index (χ0) is 14.1. The molecule has 0 aliphatic rings. The van der Waals surface area contributed by atoms with Crippen LogP contribution in [0.5, 0.6) is 11.5 Å². The van der Waals surface area contributed by atoms with Gasteiger partial charge in [-0.25, -0.2) is 4.98 Å². The molecule has 0 saturated heterocycles. The number of hydrogen-bond acceptors (Lipinski definition) is 3. The fourth-order valence-electron chi connectivity index (χ4n) is 1.85. The Morgan fingerprint density at radius 2 is 1.85 bits per heavy atom. The molecule has 0 aliphatic carbocycles. The van der Waals surface area contributed by atoms with Crippen molar-refractivity contribution in [2.75, 3.05) is 6.26 Å². The van der Waals surface area contributed by atoms with Crippen LogP contribution < -0.4 is 4.74 Å². The third kappa shape index (κ3) is 2.46. The normalized spacial score (nSPS) is 10.9. The van der Waals surface area contributed by atoms with Gasteiger partial charge in [0, 0.05) is 0 Å². The van der Waals surface area contributed by atoms with Crippen LogP contribution in [0.2, 0.25) is 10.0 Å². The minimum Gasteiger partial charge on any atom is -0.453 e. The summed E-state index contributed by atoms with van der Waals surface area (Å²) in [5, 5.41) is 1.70. The summed E-state index contributed by atoms with van der Waals surface area (Å²) in [7, 11) is 0. The molecule has 20 heavy (non-hydrogen) atoms. The van der Waals surface area contributed by atoms with E-state index in [4.69, 9.17) is 27.9 Å². The fraction of sp³-hybridized carbons (Fsp3) is 0.0714. The van der Waals surface area contributed by atoms with Crippen LogP contribution in [-0.2, 0) is 0 Å². The number of aromatic amines is 1. The van der Waals surface area contributed by atoms with Crippen LogP contribution in [0, 0.1) is 0 Å². The molecule has 1 N–H and O–H groups in total. The Morgan fingerprint density at radius 1 is 1.10 bits per heavy atom. The Labute approximate surface area is 130 Å². The Hall–Kier alpha value is -1.36.